The molecule has 1 aliphatic carbocycles. The third-order valence-electron chi connectivity index (χ3n) is 5.22. The molecule has 0 aromatic rings. The van der Waals surface area contributed by atoms with Gasteiger partial charge in [0.05, 0.1) is 12.6 Å². The van der Waals surface area contributed by atoms with Gasteiger partial charge in [0, 0.05) is 31.0 Å². The molecule has 1 heterocycles. The number of nitrogens with two attached hydrogens (primary N) is 1. The van der Waals surface area contributed by atoms with E-state index in [4.69, 9.17) is 10.5 Å². The van der Waals surface area contributed by atoms with Crippen LogP contribution in [0.25, 0.3) is 0 Å². The van der Waals surface area contributed by atoms with Gasteiger partial charge in [-0.2, -0.15) is 0 Å². The molecule has 2 rings (SSSR count). The highest BCUT2D eigenvalue weighted by molar-refractivity contribution is 5.92. The Bertz CT molecular complexity index is 469. The molecule has 0 aromatic heterocycles. The fourth-order valence-corrected chi connectivity index (χ4v) is 3.98. The maximum absolute atomic E-state index is 12.9. The summed E-state index contributed by atoms with van der Waals surface area (Å²) in [5.74, 6) is -0.287. The zero-order valence-electron chi connectivity index (χ0n) is 14.7. The lowest BCUT2D eigenvalue weighted by Crippen LogP contribution is -2.82. The average Bonchev–Trinajstić information content (AvgIpc) is 2.44. The van der Waals surface area contributed by atoms with Gasteiger partial charge in [0.2, 0.25) is 11.8 Å². The third-order valence-corrected chi connectivity index (χ3v) is 5.22. The van der Waals surface area contributed by atoms with E-state index in [9.17, 15) is 9.59 Å². The summed E-state index contributed by atoms with van der Waals surface area (Å²) < 4.78 is 5.82. The zero-order valence-corrected chi connectivity index (χ0v) is 15.5. The molecule has 1 aliphatic heterocycles. The predicted octanol–water partition coefficient (Wildman–Crippen LogP) is 0.924. The Labute approximate surface area is 144 Å². The van der Waals surface area contributed by atoms with Gasteiger partial charge in [0.1, 0.15) is 5.54 Å². The van der Waals surface area contributed by atoms with Crippen molar-refractivity contribution < 1.29 is 14.3 Å². The van der Waals surface area contributed by atoms with Gasteiger partial charge in [-0.1, -0.05) is 13.8 Å². The minimum Gasteiger partial charge on any atom is -0.377 e. The standard InChI is InChI=1S/C16H29N3O3.ClH/c1-10(2)18-12(20)9-19(5)14(21)16(17)11-7-6-8-22-13(11)15(16,3)4;/h10-11,13H,6-9,17H2,1-5H3,(H,18,20);1H. The normalized spacial score (nSPS) is 31.4. The number of fused-ring (bicyclic) bond motifs is 1. The largest absolute Gasteiger partial charge is 0.377 e. The molecule has 134 valence electrons. The van der Waals surface area contributed by atoms with Gasteiger partial charge in [0.15, 0.2) is 0 Å². The van der Waals surface area contributed by atoms with E-state index in [0.29, 0.717) is 0 Å². The Kier molecular flexibility index (Phi) is 6.10. The number of ether oxygens (including phenoxy) is 1. The fourth-order valence-electron chi connectivity index (χ4n) is 3.98. The molecule has 23 heavy (non-hydrogen) atoms. The van der Waals surface area contributed by atoms with E-state index in [-0.39, 0.29) is 48.8 Å². The first-order chi connectivity index (χ1) is 10.1. The van der Waals surface area contributed by atoms with E-state index in [1.807, 2.05) is 27.7 Å². The summed E-state index contributed by atoms with van der Waals surface area (Å²) in [6, 6.07) is 0.0547. The van der Waals surface area contributed by atoms with Gasteiger partial charge in [0.25, 0.3) is 0 Å². The van der Waals surface area contributed by atoms with Gasteiger partial charge < -0.3 is 20.7 Å². The number of halogens is 1. The van der Waals surface area contributed by atoms with Crippen molar-refractivity contribution in [2.24, 2.45) is 17.1 Å². The van der Waals surface area contributed by atoms with Gasteiger partial charge >= 0.3 is 0 Å². The Hall–Kier alpha value is -0.850. The van der Waals surface area contributed by atoms with Crippen LogP contribution in [-0.2, 0) is 14.3 Å². The molecule has 6 nitrogen and oxygen atoms in total. The molecule has 2 aliphatic rings. The molecule has 0 radical (unpaired) electrons. The minimum absolute atomic E-state index is 0. The SMILES string of the molecule is CC(C)NC(=O)CN(C)C(=O)C1(N)C2CCCOC2C1(C)C.Cl. The maximum atomic E-state index is 12.9. The molecule has 1 saturated carbocycles. The van der Waals surface area contributed by atoms with E-state index in [2.05, 4.69) is 5.32 Å². The minimum atomic E-state index is -0.953. The second-order valence-electron chi connectivity index (χ2n) is 7.51. The van der Waals surface area contributed by atoms with Crippen molar-refractivity contribution >= 4 is 24.2 Å². The molecule has 3 unspecified atom stereocenters. The summed E-state index contributed by atoms with van der Waals surface area (Å²) in [5, 5.41) is 2.79. The van der Waals surface area contributed by atoms with Crippen LogP contribution in [0.1, 0.15) is 40.5 Å². The van der Waals surface area contributed by atoms with E-state index in [0.717, 1.165) is 19.4 Å². The maximum Gasteiger partial charge on any atom is 0.243 e. The number of nitrogens with one attached hydrogen (secondary N) is 1. The van der Waals surface area contributed by atoms with Crippen molar-refractivity contribution in [3.8, 4) is 0 Å². The molecule has 2 amide bonds. The number of amides is 2. The van der Waals surface area contributed by atoms with Crippen LogP contribution in [0.4, 0.5) is 0 Å². The highest BCUT2D eigenvalue weighted by atomic mass is 35.5. The fraction of sp³-hybridized carbons (Fsp3) is 0.875. The van der Waals surface area contributed by atoms with Crippen molar-refractivity contribution in [2.75, 3.05) is 20.2 Å². The Morgan fingerprint density at radius 3 is 2.57 bits per heavy atom. The van der Waals surface area contributed by atoms with Crippen molar-refractivity contribution in [3.63, 3.8) is 0 Å². The number of rotatable bonds is 4. The number of likely N-dealkylation sites (N-methyl/N-ethyl adjacent to an activating group) is 1. The number of nitrogens with zero attached hydrogens (tertiary/aromatic N) is 1. The van der Waals surface area contributed by atoms with Crippen molar-refractivity contribution in [1.29, 1.82) is 0 Å². The molecular weight excluding hydrogens is 318 g/mol. The quantitative estimate of drug-likeness (QED) is 0.792. The lowest BCUT2D eigenvalue weighted by Gasteiger charge is -2.65. The van der Waals surface area contributed by atoms with Crippen LogP contribution < -0.4 is 11.1 Å². The number of carbonyl (C=O) groups is 2. The topological polar surface area (TPSA) is 84.7 Å². The summed E-state index contributed by atoms with van der Waals surface area (Å²) in [6.07, 6.45) is 1.87. The number of carbonyl (C=O) groups excluding carboxylic acids is 2. The Balaban J connectivity index is 0.00000264. The summed E-state index contributed by atoms with van der Waals surface area (Å²) in [5.41, 5.74) is 5.18. The monoisotopic (exact) mass is 347 g/mol. The van der Waals surface area contributed by atoms with Crippen molar-refractivity contribution in [1.82, 2.24) is 10.2 Å². The average molecular weight is 348 g/mol. The summed E-state index contributed by atoms with van der Waals surface area (Å²) >= 11 is 0. The van der Waals surface area contributed by atoms with Crippen LogP contribution >= 0.6 is 12.4 Å². The number of hydrogen-bond acceptors (Lipinski definition) is 4. The van der Waals surface area contributed by atoms with Crippen LogP contribution in [0.3, 0.4) is 0 Å². The molecule has 3 N–H and O–H groups in total. The second kappa shape index (κ2) is 6.95. The molecule has 1 saturated heterocycles. The van der Waals surface area contributed by atoms with Crippen LogP contribution in [0.2, 0.25) is 0 Å². The first-order valence-electron chi connectivity index (χ1n) is 8.07. The summed E-state index contributed by atoms with van der Waals surface area (Å²) in [4.78, 5) is 26.2. The van der Waals surface area contributed by atoms with Gasteiger partial charge in [-0.15, -0.1) is 12.4 Å². The van der Waals surface area contributed by atoms with Gasteiger partial charge in [-0.3, -0.25) is 9.59 Å². The molecule has 3 atom stereocenters. The first kappa shape index (κ1) is 20.2. The van der Waals surface area contributed by atoms with Gasteiger partial charge in [-0.05, 0) is 26.7 Å². The zero-order chi connectivity index (χ0) is 16.7. The van der Waals surface area contributed by atoms with Crippen LogP contribution in [-0.4, -0.2) is 54.6 Å². The lowest BCUT2D eigenvalue weighted by molar-refractivity contribution is -0.229. The van der Waals surface area contributed by atoms with Crippen molar-refractivity contribution in [2.45, 2.75) is 58.2 Å². The first-order valence-corrected chi connectivity index (χ1v) is 8.07. The highest BCUT2D eigenvalue weighted by Crippen LogP contribution is 2.57. The van der Waals surface area contributed by atoms with E-state index in [1.54, 1.807) is 7.05 Å². The molecule has 0 spiro atoms. The molecule has 7 heteroatoms. The van der Waals surface area contributed by atoms with Crippen molar-refractivity contribution in [3.05, 3.63) is 0 Å². The molecule has 2 fully saturated rings. The van der Waals surface area contributed by atoms with Gasteiger partial charge in [-0.25, -0.2) is 0 Å². The smallest absolute Gasteiger partial charge is 0.243 e. The summed E-state index contributed by atoms with van der Waals surface area (Å²) in [7, 11) is 1.64. The van der Waals surface area contributed by atoms with E-state index in [1.165, 1.54) is 4.90 Å². The third kappa shape index (κ3) is 3.21. The van der Waals surface area contributed by atoms with E-state index < -0.39 is 11.0 Å². The van der Waals surface area contributed by atoms with Crippen LogP contribution in [0, 0.1) is 11.3 Å². The summed E-state index contributed by atoms with van der Waals surface area (Å²) in [6.45, 7) is 8.52. The molecule has 0 aromatic carbocycles. The molecule has 0 bridgehead atoms. The number of hydrogen-bond donors (Lipinski definition) is 2. The lowest BCUT2D eigenvalue weighted by atomic mass is 9.46. The van der Waals surface area contributed by atoms with E-state index >= 15 is 0 Å². The predicted molar refractivity (Wildman–Crippen MR) is 91.3 cm³/mol. The highest BCUT2D eigenvalue weighted by Gasteiger charge is 2.70. The van der Waals surface area contributed by atoms with Crippen LogP contribution in [0.5, 0.6) is 0 Å². The Morgan fingerprint density at radius 2 is 2.00 bits per heavy atom. The van der Waals surface area contributed by atoms with Crippen LogP contribution in [0.15, 0.2) is 0 Å². The second-order valence-corrected chi connectivity index (χ2v) is 7.51. The Morgan fingerprint density at radius 1 is 1.39 bits per heavy atom. The molecular formula is C16H30ClN3O3.